The van der Waals surface area contributed by atoms with Crippen LogP contribution in [0.15, 0.2) is 18.2 Å². The lowest BCUT2D eigenvalue weighted by atomic mass is 9.96. The Labute approximate surface area is 109 Å². The number of benzene rings is 1. The predicted octanol–water partition coefficient (Wildman–Crippen LogP) is -0.503. The second-order valence-corrected chi connectivity index (χ2v) is 4.06. The summed E-state index contributed by atoms with van der Waals surface area (Å²) in [5.41, 5.74) is 5.45. The molecule has 0 radical (unpaired) electrons. The molecule has 0 aliphatic rings. The second-order valence-electron chi connectivity index (χ2n) is 4.06. The number of anilines is 1. The van der Waals surface area contributed by atoms with Crippen molar-refractivity contribution >= 4 is 17.6 Å². The Morgan fingerprint density at radius 1 is 1.37 bits per heavy atom. The molecule has 104 valence electrons. The number of hydrogen-bond donors (Lipinski definition) is 5. The third-order valence-electron chi connectivity index (χ3n) is 2.59. The fourth-order valence-corrected chi connectivity index (χ4v) is 1.65. The molecule has 7 nitrogen and oxygen atoms in total. The van der Waals surface area contributed by atoms with Crippen LogP contribution < -0.4 is 11.1 Å². The van der Waals surface area contributed by atoms with Gasteiger partial charge in [0.1, 0.15) is 12.2 Å². The number of rotatable bonds is 5. The van der Waals surface area contributed by atoms with Gasteiger partial charge in [-0.15, -0.1) is 0 Å². The highest BCUT2D eigenvalue weighted by Crippen LogP contribution is 2.27. The molecule has 1 rings (SSSR count). The molecule has 0 aliphatic heterocycles. The molecule has 1 amide bonds. The van der Waals surface area contributed by atoms with Gasteiger partial charge in [-0.2, -0.15) is 0 Å². The number of nitrogens with two attached hydrogens (primary N) is 1. The van der Waals surface area contributed by atoms with Gasteiger partial charge < -0.3 is 26.4 Å². The van der Waals surface area contributed by atoms with Crippen LogP contribution in [0.1, 0.15) is 28.9 Å². The molecule has 0 aliphatic carbocycles. The van der Waals surface area contributed by atoms with Crippen molar-refractivity contribution < 1.29 is 24.9 Å². The van der Waals surface area contributed by atoms with Crippen LogP contribution in [0.2, 0.25) is 0 Å². The normalized spacial score (nSPS) is 13.6. The highest BCUT2D eigenvalue weighted by atomic mass is 16.4. The van der Waals surface area contributed by atoms with Gasteiger partial charge in [0.2, 0.25) is 5.91 Å². The number of hydrogen-bond acceptors (Lipinski definition) is 5. The van der Waals surface area contributed by atoms with Crippen molar-refractivity contribution in [3.05, 3.63) is 29.3 Å². The molecule has 0 saturated heterocycles. The van der Waals surface area contributed by atoms with Crippen molar-refractivity contribution in [2.24, 2.45) is 0 Å². The first-order valence-electron chi connectivity index (χ1n) is 5.56. The topological polar surface area (TPSA) is 133 Å². The van der Waals surface area contributed by atoms with E-state index in [2.05, 4.69) is 5.32 Å². The Morgan fingerprint density at radius 3 is 2.53 bits per heavy atom. The van der Waals surface area contributed by atoms with Crippen LogP contribution in [0.4, 0.5) is 5.69 Å². The molecular formula is C12H16N2O5. The van der Waals surface area contributed by atoms with Gasteiger partial charge in [0, 0.05) is 24.7 Å². The number of carbonyl (C=O) groups excluding carboxylic acids is 1. The lowest BCUT2D eigenvalue weighted by Crippen LogP contribution is -2.35. The molecule has 0 fully saturated rings. The average molecular weight is 268 g/mol. The number of aliphatic hydroxyl groups is 2. The van der Waals surface area contributed by atoms with E-state index in [0.717, 1.165) is 0 Å². The van der Waals surface area contributed by atoms with E-state index in [4.69, 9.17) is 10.8 Å². The van der Waals surface area contributed by atoms with E-state index in [0.29, 0.717) is 0 Å². The van der Waals surface area contributed by atoms with Crippen LogP contribution in [0.25, 0.3) is 0 Å². The number of aromatic carboxylic acids is 1. The monoisotopic (exact) mass is 268 g/mol. The van der Waals surface area contributed by atoms with E-state index >= 15 is 0 Å². The number of nitrogen functional groups attached to an aromatic ring is 1. The SMILES string of the molecule is CC(=O)NCC(O)C(O)c1c(N)cccc1C(=O)O. The molecule has 7 heteroatoms. The Hall–Kier alpha value is -2.12. The van der Waals surface area contributed by atoms with E-state index < -0.39 is 18.2 Å². The van der Waals surface area contributed by atoms with E-state index in [9.17, 15) is 19.8 Å². The van der Waals surface area contributed by atoms with E-state index in [1.807, 2.05) is 0 Å². The lowest BCUT2D eigenvalue weighted by molar-refractivity contribution is -0.119. The van der Waals surface area contributed by atoms with E-state index in [-0.39, 0.29) is 29.3 Å². The molecule has 19 heavy (non-hydrogen) atoms. The summed E-state index contributed by atoms with van der Waals surface area (Å²) in [7, 11) is 0. The van der Waals surface area contributed by atoms with Gasteiger partial charge in [-0.05, 0) is 12.1 Å². The predicted molar refractivity (Wildman–Crippen MR) is 67.5 cm³/mol. The lowest BCUT2D eigenvalue weighted by Gasteiger charge is -2.21. The highest BCUT2D eigenvalue weighted by molar-refractivity contribution is 5.91. The zero-order chi connectivity index (χ0) is 14.6. The number of carbonyl (C=O) groups is 2. The average Bonchev–Trinajstić information content (AvgIpc) is 2.34. The fraction of sp³-hybridized carbons (Fsp3) is 0.333. The van der Waals surface area contributed by atoms with Crippen molar-refractivity contribution in [2.45, 2.75) is 19.1 Å². The van der Waals surface area contributed by atoms with Gasteiger partial charge >= 0.3 is 5.97 Å². The van der Waals surface area contributed by atoms with Gasteiger partial charge in [-0.3, -0.25) is 4.79 Å². The van der Waals surface area contributed by atoms with E-state index in [1.54, 1.807) is 0 Å². The Balaban J connectivity index is 3.01. The molecule has 1 aromatic rings. The second kappa shape index (κ2) is 6.17. The number of nitrogens with one attached hydrogen (secondary N) is 1. The molecule has 1 aromatic carbocycles. The molecule has 6 N–H and O–H groups in total. The maximum absolute atomic E-state index is 11.0. The van der Waals surface area contributed by atoms with Crippen LogP contribution in [0.3, 0.4) is 0 Å². The summed E-state index contributed by atoms with van der Waals surface area (Å²) in [6.07, 6.45) is -2.86. The van der Waals surface area contributed by atoms with Gasteiger partial charge in [0.15, 0.2) is 0 Å². The molecule has 0 spiro atoms. The number of carboxylic acid groups (broad SMARTS) is 1. The smallest absolute Gasteiger partial charge is 0.336 e. The first-order valence-corrected chi connectivity index (χ1v) is 5.56. The summed E-state index contributed by atoms with van der Waals surface area (Å²) in [6.45, 7) is 1.06. The van der Waals surface area contributed by atoms with Crippen molar-refractivity contribution in [2.75, 3.05) is 12.3 Å². The molecular weight excluding hydrogens is 252 g/mol. The standard InChI is InChI=1S/C12H16N2O5/c1-6(15)14-5-9(16)11(17)10-7(12(18)19)3-2-4-8(10)13/h2-4,9,11,16-17H,5,13H2,1H3,(H,14,15)(H,18,19). The third-order valence-corrected chi connectivity index (χ3v) is 2.59. The Morgan fingerprint density at radius 2 is 2.00 bits per heavy atom. The minimum absolute atomic E-state index is 0.0622. The molecule has 2 unspecified atom stereocenters. The van der Waals surface area contributed by atoms with Crippen molar-refractivity contribution in [3.8, 4) is 0 Å². The first kappa shape index (κ1) is 14.9. The minimum Gasteiger partial charge on any atom is -0.478 e. The van der Waals surface area contributed by atoms with Crippen LogP contribution in [0, 0.1) is 0 Å². The van der Waals surface area contributed by atoms with Crippen LogP contribution >= 0.6 is 0 Å². The molecule has 0 aromatic heterocycles. The maximum Gasteiger partial charge on any atom is 0.336 e. The van der Waals surface area contributed by atoms with Crippen LogP contribution in [0.5, 0.6) is 0 Å². The number of carboxylic acids is 1. The van der Waals surface area contributed by atoms with Crippen molar-refractivity contribution in [1.82, 2.24) is 5.32 Å². The zero-order valence-electron chi connectivity index (χ0n) is 10.3. The van der Waals surface area contributed by atoms with Crippen molar-refractivity contribution in [3.63, 3.8) is 0 Å². The van der Waals surface area contributed by atoms with E-state index in [1.165, 1.54) is 25.1 Å². The number of amides is 1. The van der Waals surface area contributed by atoms with Gasteiger partial charge in [-0.25, -0.2) is 4.79 Å². The van der Waals surface area contributed by atoms with Gasteiger partial charge in [-0.1, -0.05) is 6.07 Å². The summed E-state index contributed by atoms with van der Waals surface area (Å²) >= 11 is 0. The summed E-state index contributed by atoms with van der Waals surface area (Å²) in [6, 6.07) is 4.15. The van der Waals surface area contributed by atoms with Gasteiger partial charge in [0.05, 0.1) is 5.56 Å². The zero-order valence-corrected chi connectivity index (χ0v) is 10.3. The molecule has 0 saturated carbocycles. The van der Waals surface area contributed by atoms with Crippen molar-refractivity contribution in [1.29, 1.82) is 0 Å². The third kappa shape index (κ3) is 3.67. The maximum atomic E-state index is 11.0. The fourth-order valence-electron chi connectivity index (χ4n) is 1.65. The van der Waals surface area contributed by atoms with Crippen LogP contribution in [-0.4, -0.2) is 39.8 Å². The Bertz CT molecular complexity index is 489. The largest absolute Gasteiger partial charge is 0.478 e. The summed E-state index contributed by atoms with van der Waals surface area (Å²) < 4.78 is 0. The molecule has 0 heterocycles. The summed E-state index contributed by atoms with van der Waals surface area (Å²) in [5.74, 6) is -1.63. The van der Waals surface area contributed by atoms with Crippen LogP contribution in [-0.2, 0) is 4.79 Å². The molecule has 0 bridgehead atoms. The first-order chi connectivity index (χ1) is 8.84. The number of aliphatic hydroxyl groups excluding tert-OH is 2. The minimum atomic E-state index is -1.50. The summed E-state index contributed by atoms with van der Waals surface area (Å²) in [5, 5.41) is 31.1. The molecule has 2 atom stereocenters. The Kier molecular flexibility index (Phi) is 4.85. The summed E-state index contributed by atoms with van der Waals surface area (Å²) in [4.78, 5) is 21.8. The highest BCUT2D eigenvalue weighted by Gasteiger charge is 2.25. The quantitative estimate of drug-likeness (QED) is 0.457. The van der Waals surface area contributed by atoms with Gasteiger partial charge in [0.25, 0.3) is 0 Å².